The van der Waals surface area contributed by atoms with Gasteiger partial charge in [-0.2, -0.15) is 0 Å². The summed E-state index contributed by atoms with van der Waals surface area (Å²) in [5.41, 5.74) is 2.33. The van der Waals surface area contributed by atoms with E-state index in [9.17, 15) is 14.4 Å². The van der Waals surface area contributed by atoms with E-state index in [1.165, 1.54) is 26.3 Å². The molecule has 2 bridgehead atoms. The first-order valence-electron chi connectivity index (χ1n) is 7.68. The van der Waals surface area contributed by atoms with E-state index in [1.807, 2.05) is 18.2 Å². The van der Waals surface area contributed by atoms with Crippen molar-refractivity contribution in [2.24, 2.45) is 11.8 Å². The van der Waals surface area contributed by atoms with E-state index >= 15 is 0 Å². The van der Waals surface area contributed by atoms with Crippen LogP contribution in [0.2, 0.25) is 0 Å². The lowest BCUT2D eigenvalue weighted by Crippen LogP contribution is -2.32. The van der Waals surface area contributed by atoms with E-state index < -0.39 is 5.92 Å². The SMILES string of the molecule is CC(=O)O[C@H]1C[C@@H]2c3ccccc3[C@H]1C2C(C(C)=O)C(C)=O. The van der Waals surface area contributed by atoms with Gasteiger partial charge in [0.15, 0.2) is 0 Å². The number of esters is 1. The standard InChI is InChI=1S/C18H20O4/c1-9(19)16(10(2)20)18-14-8-15(22-11(3)21)17(18)13-7-5-4-6-12(13)14/h4-7,14-18H,8H2,1-3H3/t14-,15+,17-,18?/m1/s1. The second kappa shape index (κ2) is 5.34. The van der Waals surface area contributed by atoms with E-state index in [-0.39, 0.29) is 41.4 Å². The summed E-state index contributed by atoms with van der Waals surface area (Å²) in [6.45, 7) is 4.37. The molecule has 4 heteroatoms. The minimum Gasteiger partial charge on any atom is -0.462 e. The third-order valence-corrected chi connectivity index (χ3v) is 5.10. The molecule has 2 aliphatic rings. The van der Waals surface area contributed by atoms with Crippen LogP contribution >= 0.6 is 0 Å². The van der Waals surface area contributed by atoms with Gasteiger partial charge in [0.2, 0.25) is 0 Å². The molecule has 4 nitrogen and oxygen atoms in total. The Balaban J connectivity index is 2.04. The molecule has 1 aromatic rings. The van der Waals surface area contributed by atoms with Crippen molar-refractivity contribution in [1.29, 1.82) is 0 Å². The van der Waals surface area contributed by atoms with Crippen LogP contribution in [-0.2, 0) is 19.1 Å². The summed E-state index contributed by atoms with van der Waals surface area (Å²) >= 11 is 0. The van der Waals surface area contributed by atoms with Gasteiger partial charge in [-0.3, -0.25) is 14.4 Å². The maximum Gasteiger partial charge on any atom is 0.302 e. The number of hydrogen-bond acceptors (Lipinski definition) is 4. The first kappa shape index (κ1) is 14.9. The highest BCUT2D eigenvalue weighted by Gasteiger charge is 2.57. The number of Topliss-reactive ketones (excluding diaryl/α,β-unsaturated/α-hetero) is 2. The molecular weight excluding hydrogens is 280 g/mol. The Labute approximate surface area is 129 Å². The number of rotatable bonds is 4. The average Bonchev–Trinajstić information content (AvgIpc) is 2.90. The molecule has 0 aliphatic heterocycles. The Morgan fingerprint density at radius 2 is 1.64 bits per heavy atom. The highest BCUT2D eigenvalue weighted by atomic mass is 16.5. The number of hydrogen-bond donors (Lipinski definition) is 0. The molecule has 1 unspecified atom stereocenters. The third kappa shape index (κ3) is 2.18. The fraction of sp³-hybridized carbons (Fsp3) is 0.500. The molecule has 116 valence electrons. The lowest BCUT2D eigenvalue weighted by atomic mass is 9.78. The van der Waals surface area contributed by atoms with E-state index in [1.54, 1.807) is 0 Å². The maximum atomic E-state index is 12.0. The summed E-state index contributed by atoms with van der Waals surface area (Å²) < 4.78 is 5.48. The summed E-state index contributed by atoms with van der Waals surface area (Å²) in [4.78, 5) is 35.5. The molecule has 0 amide bonds. The van der Waals surface area contributed by atoms with Crippen molar-refractivity contribution in [2.75, 3.05) is 0 Å². The highest BCUT2D eigenvalue weighted by Crippen LogP contribution is 2.60. The minimum absolute atomic E-state index is 0.0529. The van der Waals surface area contributed by atoms with Crippen LogP contribution in [0.4, 0.5) is 0 Å². The lowest BCUT2D eigenvalue weighted by molar-refractivity contribution is -0.147. The zero-order valence-electron chi connectivity index (χ0n) is 13.0. The Hall–Kier alpha value is -1.97. The predicted octanol–water partition coefficient (Wildman–Crippen LogP) is 2.61. The monoisotopic (exact) mass is 300 g/mol. The van der Waals surface area contributed by atoms with Gasteiger partial charge in [0.1, 0.15) is 17.7 Å². The molecule has 0 radical (unpaired) electrons. The van der Waals surface area contributed by atoms with Gasteiger partial charge >= 0.3 is 5.97 Å². The van der Waals surface area contributed by atoms with Gasteiger partial charge in [0.05, 0.1) is 5.92 Å². The van der Waals surface area contributed by atoms with Crippen molar-refractivity contribution < 1.29 is 19.1 Å². The van der Waals surface area contributed by atoms with E-state index in [0.717, 1.165) is 5.56 Å². The zero-order chi connectivity index (χ0) is 16.0. The van der Waals surface area contributed by atoms with Crippen LogP contribution in [0.3, 0.4) is 0 Å². The molecule has 2 aliphatic carbocycles. The lowest BCUT2D eigenvalue weighted by Gasteiger charge is -2.26. The number of carbonyl (C=O) groups is 3. The van der Waals surface area contributed by atoms with Crippen molar-refractivity contribution in [1.82, 2.24) is 0 Å². The second-order valence-corrected chi connectivity index (χ2v) is 6.42. The van der Waals surface area contributed by atoms with E-state index in [4.69, 9.17) is 4.74 Å². The number of carbonyl (C=O) groups excluding carboxylic acids is 3. The summed E-state index contributed by atoms with van der Waals surface area (Å²) in [5, 5.41) is 0. The molecule has 3 rings (SSSR count). The molecule has 1 saturated carbocycles. The highest BCUT2D eigenvalue weighted by molar-refractivity contribution is 6.01. The van der Waals surface area contributed by atoms with Crippen LogP contribution in [0.5, 0.6) is 0 Å². The van der Waals surface area contributed by atoms with Gasteiger partial charge in [0.25, 0.3) is 0 Å². The Bertz CT molecular complexity index is 634. The van der Waals surface area contributed by atoms with Gasteiger partial charge in [0, 0.05) is 12.8 Å². The van der Waals surface area contributed by atoms with Crippen molar-refractivity contribution in [3.05, 3.63) is 35.4 Å². The van der Waals surface area contributed by atoms with Crippen LogP contribution in [0.15, 0.2) is 24.3 Å². The van der Waals surface area contributed by atoms with Gasteiger partial charge < -0.3 is 4.74 Å². The van der Waals surface area contributed by atoms with Crippen molar-refractivity contribution in [3.8, 4) is 0 Å². The Morgan fingerprint density at radius 3 is 2.18 bits per heavy atom. The minimum atomic E-state index is -0.608. The van der Waals surface area contributed by atoms with Crippen molar-refractivity contribution in [2.45, 2.75) is 45.1 Å². The fourth-order valence-corrected chi connectivity index (χ4v) is 4.55. The summed E-state index contributed by atoms with van der Waals surface area (Å²) in [6, 6.07) is 8.03. The van der Waals surface area contributed by atoms with Gasteiger partial charge in [-0.25, -0.2) is 0 Å². The molecule has 0 heterocycles. The van der Waals surface area contributed by atoms with Crippen LogP contribution in [0.25, 0.3) is 0 Å². The number of fused-ring (bicyclic) bond motifs is 5. The van der Waals surface area contributed by atoms with Crippen molar-refractivity contribution >= 4 is 17.5 Å². The quantitative estimate of drug-likeness (QED) is 0.633. The third-order valence-electron chi connectivity index (χ3n) is 5.10. The van der Waals surface area contributed by atoms with Gasteiger partial charge in [-0.15, -0.1) is 0 Å². The molecule has 0 saturated heterocycles. The smallest absolute Gasteiger partial charge is 0.302 e. The van der Waals surface area contributed by atoms with Gasteiger partial charge in [-0.1, -0.05) is 24.3 Å². The Kier molecular flexibility index (Phi) is 3.63. The number of benzene rings is 1. The number of ketones is 2. The van der Waals surface area contributed by atoms with Crippen molar-refractivity contribution in [3.63, 3.8) is 0 Å². The predicted molar refractivity (Wildman–Crippen MR) is 80.4 cm³/mol. The first-order chi connectivity index (χ1) is 10.4. The largest absolute Gasteiger partial charge is 0.462 e. The summed E-state index contributed by atoms with van der Waals surface area (Å²) in [7, 11) is 0. The summed E-state index contributed by atoms with van der Waals surface area (Å²) in [6.07, 6.45) is 0.465. The normalized spacial score (nSPS) is 28.5. The molecule has 0 N–H and O–H groups in total. The molecular formula is C18H20O4. The zero-order valence-corrected chi connectivity index (χ0v) is 13.0. The molecule has 1 fully saturated rings. The molecule has 22 heavy (non-hydrogen) atoms. The maximum absolute atomic E-state index is 12.0. The first-order valence-corrected chi connectivity index (χ1v) is 7.68. The van der Waals surface area contributed by atoms with Crippen LogP contribution in [0, 0.1) is 11.8 Å². The average molecular weight is 300 g/mol. The van der Waals surface area contributed by atoms with Gasteiger partial charge in [-0.05, 0) is 43.2 Å². The van der Waals surface area contributed by atoms with E-state index in [2.05, 4.69) is 6.07 Å². The topological polar surface area (TPSA) is 60.4 Å². The molecule has 1 aromatic carbocycles. The van der Waals surface area contributed by atoms with Crippen LogP contribution in [0.1, 0.15) is 50.2 Å². The number of ether oxygens (including phenoxy) is 1. The molecule has 0 aromatic heterocycles. The van der Waals surface area contributed by atoms with Crippen LogP contribution in [-0.4, -0.2) is 23.6 Å². The Morgan fingerprint density at radius 1 is 1.05 bits per heavy atom. The molecule has 4 atom stereocenters. The second-order valence-electron chi connectivity index (χ2n) is 6.42. The summed E-state index contributed by atoms with van der Waals surface area (Å²) in [5.74, 6) is -1.13. The van der Waals surface area contributed by atoms with Crippen LogP contribution < -0.4 is 0 Å². The fourth-order valence-electron chi connectivity index (χ4n) is 4.55. The van der Waals surface area contributed by atoms with E-state index in [0.29, 0.717) is 6.42 Å². The molecule has 0 spiro atoms.